The summed E-state index contributed by atoms with van der Waals surface area (Å²) in [7, 11) is 1.52. The largest absolute Gasteiger partial charge is 0.497 e. The van der Waals surface area contributed by atoms with E-state index in [9.17, 15) is 19.2 Å². The molecule has 1 saturated heterocycles. The Bertz CT molecular complexity index is 1170. The van der Waals surface area contributed by atoms with E-state index in [1.807, 2.05) is 0 Å². The lowest BCUT2D eigenvalue weighted by molar-refractivity contribution is -0.154. The van der Waals surface area contributed by atoms with Crippen LogP contribution >= 0.6 is 43.5 Å². The monoisotopic (exact) mass is 622 g/mol. The maximum Gasteiger partial charge on any atom is 0.273 e. The smallest absolute Gasteiger partial charge is 0.273 e. The van der Waals surface area contributed by atoms with Gasteiger partial charge in [0.25, 0.3) is 17.7 Å². The molecule has 2 saturated carbocycles. The molecule has 2 aliphatic carbocycles. The van der Waals surface area contributed by atoms with E-state index in [1.165, 1.54) is 19.2 Å². The molecule has 2 aromatic carbocycles. The van der Waals surface area contributed by atoms with Gasteiger partial charge in [0, 0.05) is 25.8 Å². The van der Waals surface area contributed by atoms with Gasteiger partial charge in [0.15, 0.2) is 5.78 Å². The van der Waals surface area contributed by atoms with Gasteiger partial charge in [-0.05, 0) is 66.8 Å². The minimum absolute atomic E-state index is 0.0133. The normalized spacial score (nSPS) is 28.9. The number of hydrogen-bond donors (Lipinski definition) is 0. The molecular formula is C25H21Br2ClN2O5. The van der Waals surface area contributed by atoms with Crippen molar-refractivity contribution in [2.45, 2.75) is 16.1 Å². The lowest BCUT2D eigenvalue weighted by Crippen LogP contribution is -2.52. The van der Waals surface area contributed by atoms with Gasteiger partial charge in [-0.2, -0.15) is 5.01 Å². The number of halogens is 3. The predicted molar refractivity (Wildman–Crippen MR) is 136 cm³/mol. The maximum absolute atomic E-state index is 13.6. The highest BCUT2D eigenvalue weighted by Crippen LogP contribution is 2.60. The Morgan fingerprint density at radius 1 is 0.943 bits per heavy atom. The molecule has 1 aliphatic heterocycles. The van der Waals surface area contributed by atoms with E-state index in [0.717, 1.165) is 16.4 Å². The molecule has 35 heavy (non-hydrogen) atoms. The Kier molecular flexibility index (Phi) is 6.52. The number of carbonyl (C=O) groups excluding carboxylic acids is 4. The van der Waals surface area contributed by atoms with E-state index < -0.39 is 41.9 Å². The third kappa shape index (κ3) is 4.01. The van der Waals surface area contributed by atoms with Crippen molar-refractivity contribution in [3.63, 3.8) is 0 Å². The highest BCUT2D eigenvalue weighted by molar-refractivity contribution is 9.12. The predicted octanol–water partition coefficient (Wildman–Crippen LogP) is 4.37. The molecule has 0 radical (unpaired) electrons. The summed E-state index contributed by atoms with van der Waals surface area (Å²) in [5.41, 5.74) is 0.550. The quantitative estimate of drug-likeness (QED) is 0.271. The number of amides is 3. The van der Waals surface area contributed by atoms with Gasteiger partial charge in [0.2, 0.25) is 0 Å². The van der Waals surface area contributed by atoms with Crippen LogP contribution in [0.3, 0.4) is 0 Å². The number of nitrogens with zero attached hydrogens (tertiary/aromatic N) is 2. The Morgan fingerprint density at radius 3 is 1.97 bits per heavy atom. The Balaban J connectivity index is 1.49. The summed E-state index contributed by atoms with van der Waals surface area (Å²) in [4.78, 5) is 54.1. The van der Waals surface area contributed by atoms with Gasteiger partial charge >= 0.3 is 0 Å². The second kappa shape index (κ2) is 9.33. The van der Waals surface area contributed by atoms with Crippen molar-refractivity contribution >= 4 is 67.0 Å². The van der Waals surface area contributed by atoms with Crippen LogP contribution in [-0.4, -0.2) is 56.8 Å². The first kappa shape index (κ1) is 24.5. The van der Waals surface area contributed by atoms with E-state index in [0.29, 0.717) is 16.3 Å². The summed E-state index contributed by atoms with van der Waals surface area (Å²) in [6, 6.07) is 12.6. The SMILES string of the molecule is COc1ccc(C(=O)CN(C(=O)c2ccc(Cl)cc2)N2C(=O)[C@@H]3[C@H]4C[C@@H]([C@@H](Br)[C@H]4Br)[C@H]3C2=O)cc1. The van der Waals surface area contributed by atoms with Gasteiger partial charge in [-0.25, -0.2) is 5.01 Å². The summed E-state index contributed by atoms with van der Waals surface area (Å²) >= 11 is 13.3. The summed E-state index contributed by atoms with van der Waals surface area (Å²) < 4.78 is 5.14. The molecule has 0 unspecified atom stereocenters. The second-order valence-corrected chi connectivity index (χ2v) is 11.6. The first-order valence-electron chi connectivity index (χ1n) is 11.1. The number of ketones is 1. The van der Waals surface area contributed by atoms with Crippen molar-refractivity contribution in [2.75, 3.05) is 13.7 Å². The highest BCUT2D eigenvalue weighted by atomic mass is 79.9. The lowest BCUT2D eigenvalue weighted by atomic mass is 9.81. The number of hydrazine groups is 1. The van der Waals surface area contributed by atoms with E-state index in [4.69, 9.17) is 16.3 Å². The molecule has 1 heterocycles. The van der Waals surface area contributed by atoms with E-state index in [2.05, 4.69) is 31.9 Å². The minimum atomic E-state index is -0.622. The molecule has 0 N–H and O–H groups in total. The molecule has 0 spiro atoms. The van der Waals surface area contributed by atoms with Crippen molar-refractivity contribution < 1.29 is 23.9 Å². The number of Topliss-reactive ketones (excluding diaryl/α,β-unsaturated/α-hetero) is 1. The zero-order valence-corrected chi connectivity index (χ0v) is 22.5. The zero-order chi connectivity index (χ0) is 25.0. The summed E-state index contributed by atoms with van der Waals surface area (Å²) in [5.74, 6) is -2.36. The van der Waals surface area contributed by atoms with Crippen LogP contribution in [0.1, 0.15) is 27.1 Å². The third-order valence-corrected chi connectivity index (χ3v) is 10.7. The number of rotatable bonds is 6. The van der Waals surface area contributed by atoms with Gasteiger partial charge in [0.05, 0.1) is 18.9 Å². The third-order valence-electron chi connectivity index (χ3n) is 7.24. The number of hydrogen-bond acceptors (Lipinski definition) is 5. The Labute approximate surface area is 224 Å². The molecule has 10 heteroatoms. The van der Waals surface area contributed by atoms with Crippen LogP contribution in [0.4, 0.5) is 0 Å². The van der Waals surface area contributed by atoms with Crippen LogP contribution in [0.5, 0.6) is 5.75 Å². The molecular weight excluding hydrogens is 604 g/mol. The van der Waals surface area contributed by atoms with Crippen LogP contribution in [-0.2, 0) is 9.59 Å². The number of fused-ring (bicyclic) bond motifs is 5. The van der Waals surface area contributed by atoms with Crippen LogP contribution in [0.25, 0.3) is 0 Å². The molecule has 182 valence electrons. The molecule has 6 atom stereocenters. The van der Waals surface area contributed by atoms with Gasteiger partial charge in [-0.3, -0.25) is 19.2 Å². The van der Waals surface area contributed by atoms with Gasteiger partial charge < -0.3 is 4.74 Å². The highest BCUT2D eigenvalue weighted by Gasteiger charge is 2.67. The number of ether oxygens (including phenoxy) is 1. The second-order valence-electron chi connectivity index (χ2n) is 9.01. The molecule has 2 aromatic rings. The minimum Gasteiger partial charge on any atom is -0.497 e. The number of methoxy groups -OCH3 is 1. The molecule has 3 amide bonds. The van der Waals surface area contributed by atoms with E-state index in [1.54, 1.807) is 36.4 Å². The van der Waals surface area contributed by atoms with Crippen LogP contribution in [0.2, 0.25) is 5.02 Å². The standard InChI is InChI=1S/C25H21Br2ClN2O5/c1-35-15-8-4-12(5-9-15)18(31)11-29(23(32)13-2-6-14(28)7-3-13)30-24(33)19-16-10-17(20(19)25(30)34)22(27)21(16)26/h2-9,16-17,19-22H,10-11H2,1H3/t16-,17-,19-,20-,21-,22+/m1/s1. The van der Waals surface area contributed by atoms with E-state index >= 15 is 0 Å². The van der Waals surface area contributed by atoms with E-state index in [-0.39, 0.29) is 27.1 Å². The fraction of sp³-hybridized carbons (Fsp3) is 0.360. The number of benzene rings is 2. The molecule has 3 fully saturated rings. The first-order valence-corrected chi connectivity index (χ1v) is 13.3. The Morgan fingerprint density at radius 2 is 1.46 bits per heavy atom. The first-order chi connectivity index (χ1) is 16.7. The number of imide groups is 1. The maximum atomic E-state index is 13.6. The summed E-state index contributed by atoms with van der Waals surface area (Å²) in [5, 5.41) is 2.34. The molecule has 2 bridgehead atoms. The molecule has 5 rings (SSSR count). The van der Waals surface area contributed by atoms with Crippen LogP contribution in [0, 0.1) is 23.7 Å². The van der Waals surface area contributed by atoms with Gasteiger partial charge in [-0.1, -0.05) is 43.5 Å². The van der Waals surface area contributed by atoms with Crippen molar-refractivity contribution in [1.82, 2.24) is 10.0 Å². The van der Waals surface area contributed by atoms with Gasteiger partial charge in [0.1, 0.15) is 12.3 Å². The average molecular weight is 625 g/mol. The number of carbonyl (C=O) groups is 4. The van der Waals surface area contributed by atoms with Crippen LogP contribution < -0.4 is 4.74 Å². The van der Waals surface area contributed by atoms with Crippen molar-refractivity contribution in [2.24, 2.45) is 23.7 Å². The van der Waals surface area contributed by atoms with Crippen molar-refractivity contribution in [1.29, 1.82) is 0 Å². The molecule has 7 nitrogen and oxygen atoms in total. The van der Waals surface area contributed by atoms with Gasteiger partial charge in [-0.15, -0.1) is 0 Å². The molecule has 3 aliphatic rings. The van der Waals surface area contributed by atoms with Crippen LogP contribution in [0.15, 0.2) is 48.5 Å². The topological polar surface area (TPSA) is 84.0 Å². The Hall–Kier alpha value is -2.23. The number of alkyl halides is 2. The summed E-state index contributed by atoms with van der Waals surface area (Å²) in [6.07, 6.45) is 0.766. The average Bonchev–Trinajstić information content (AvgIpc) is 3.47. The van der Waals surface area contributed by atoms with Crippen molar-refractivity contribution in [3.05, 3.63) is 64.7 Å². The zero-order valence-electron chi connectivity index (χ0n) is 18.6. The molecule has 0 aromatic heterocycles. The van der Waals surface area contributed by atoms with Crippen molar-refractivity contribution in [3.8, 4) is 5.75 Å². The fourth-order valence-corrected chi connectivity index (χ4v) is 7.55. The lowest BCUT2D eigenvalue weighted by Gasteiger charge is -2.31. The summed E-state index contributed by atoms with van der Waals surface area (Å²) in [6.45, 7) is -0.463. The fourth-order valence-electron chi connectivity index (χ4n) is 5.55.